The molecule has 0 saturated carbocycles. The maximum atomic E-state index is 6.61. The monoisotopic (exact) mass is 677 g/mol. The fraction of sp³-hybridized carbons (Fsp3) is 0. The van der Waals surface area contributed by atoms with Gasteiger partial charge in [0.15, 0.2) is 17.5 Å². The molecule has 2 heterocycles. The Morgan fingerprint density at radius 3 is 1.68 bits per heavy atom. The van der Waals surface area contributed by atoms with Crippen molar-refractivity contribution in [1.82, 2.24) is 15.0 Å². The van der Waals surface area contributed by atoms with Crippen LogP contribution in [0.2, 0.25) is 0 Å². The molecule has 0 saturated heterocycles. The topological polar surface area (TPSA) is 51.8 Å². The first-order valence-electron chi connectivity index (χ1n) is 17.8. The van der Waals surface area contributed by atoms with E-state index in [1.165, 1.54) is 16.3 Å². The van der Waals surface area contributed by atoms with Crippen molar-refractivity contribution < 1.29 is 4.42 Å². The molecule has 10 aromatic rings. The SMILES string of the molecule is c1ccc(-c2cccc(-c3nc(-c4ccc(-c5ccc6ccccc6c5)cc4)nc(-c4cccc5oc6c(-c7ccccc7)cccc6c45)n3)c2)cc1. The van der Waals surface area contributed by atoms with Crippen molar-refractivity contribution >= 4 is 32.7 Å². The van der Waals surface area contributed by atoms with Gasteiger partial charge in [-0.2, -0.15) is 0 Å². The van der Waals surface area contributed by atoms with Crippen molar-refractivity contribution in [3.63, 3.8) is 0 Å². The lowest BCUT2D eigenvalue weighted by atomic mass is 9.99. The predicted molar refractivity (Wildman–Crippen MR) is 217 cm³/mol. The summed E-state index contributed by atoms with van der Waals surface area (Å²) in [5, 5.41) is 4.45. The molecule has 0 spiro atoms. The first-order chi connectivity index (χ1) is 26.2. The van der Waals surface area contributed by atoms with Gasteiger partial charge in [0.2, 0.25) is 0 Å². The molecule has 0 unspecified atom stereocenters. The summed E-state index contributed by atoms with van der Waals surface area (Å²) in [5.41, 5.74) is 11.0. The number of aromatic nitrogens is 3. The third kappa shape index (κ3) is 5.63. The highest BCUT2D eigenvalue weighted by Gasteiger charge is 2.20. The summed E-state index contributed by atoms with van der Waals surface area (Å²) in [6, 6.07) is 65.1. The van der Waals surface area contributed by atoms with Gasteiger partial charge in [0.25, 0.3) is 0 Å². The summed E-state index contributed by atoms with van der Waals surface area (Å²) < 4.78 is 6.61. The van der Waals surface area contributed by atoms with Crippen LogP contribution in [0, 0.1) is 0 Å². The van der Waals surface area contributed by atoms with Crippen molar-refractivity contribution in [1.29, 1.82) is 0 Å². The number of hydrogen-bond acceptors (Lipinski definition) is 4. The number of fused-ring (bicyclic) bond motifs is 4. The molecule has 0 aliphatic rings. The van der Waals surface area contributed by atoms with Crippen LogP contribution < -0.4 is 0 Å². The second kappa shape index (κ2) is 12.9. The van der Waals surface area contributed by atoms with E-state index >= 15 is 0 Å². The quantitative estimate of drug-likeness (QED) is 0.176. The molecular weight excluding hydrogens is 647 g/mol. The molecule has 0 amide bonds. The highest BCUT2D eigenvalue weighted by Crippen LogP contribution is 2.40. The molecule has 248 valence electrons. The van der Waals surface area contributed by atoms with Crippen LogP contribution in [-0.4, -0.2) is 15.0 Å². The normalized spacial score (nSPS) is 11.4. The maximum Gasteiger partial charge on any atom is 0.164 e. The van der Waals surface area contributed by atoms with Crippen LogP contribution in [0.1, 0.15) is 0 Å². The zero-order chi connectivity index (χ0) is 35.1. The average Bonchev–Trinajstić information content (AvgIpc) is 3.63. The van der Waals surface area contributed by atoms with E-state index in [1.807, 2.05) is 24.3 Å². The number of benzene rings is 8. The Balaban J connectivity index is 1.14. The number of furan rings is 1. The van der Waals surface area contributed by atoms with E-state index in [9.17, 15) is 0 Å². The molecule has 0 atom stereocenters. The van der Waals surface area contributed by atoms with Crippen LogP contribution >= 0.6 is 0 Å². The van der Waals surface area contributed by atoms with E-state index in [4.69, 9.17) is 19.4 Å². The molecule has 8 aromatic carbocycles. The largest absolute Gasteiger partial charge is 0.455 e. The summed E-state index contributed by atoms with van der Waals surface area (Å²) in [4.78, 5) is 15.5. The van der Waals surface area contributed by atoms with E-state index in [1.54, 1.807) is 0 Å². The number of rotatable bonds is 6. The minimum Gasteiger partial charge on any atom is -0.455 e. The first-order valence-corrected chi connectivity index (χ1v) is 17.8. The summed E-state index contributed by atoms with van der Waals surface area (Å²) in [7, 11) is 0. The molecule has 53 heavy (non-hydrogen) atoms. The minimum atomic E-state index is 0.590. The van der Waals surface area contributed by atoms with E-state index in [0.29, 0.717) is 17.5 Å². The van der Waals surface area contributed by atoms with Gasteiger partial charge < -0.3 is 4.42 Å². The molecular formula is C49H31N3O. The van der Waals surface area contributed by atoms with Crippen LogP contribution in [0.25, 0.3) is 100 Å². The van der Waals surface area contributed by atoms with E-state index in [2.05, 4.69) is 164 Å². The zero-order valence-corrected chi connectivity index (χ0v) is 28.6. The van der Waals surface area contributed by atoms with Crippen molar-refractivity contribution in [3.05, 3.63) is 188 Å². The van der Waals surface area contributed by atoms with Crippen LogP contribution in [0.4, 0.5) is 0 Å². The number of para-hydroxylation sites is 1. The Morgan fingerprint density at radius 2 is 0.868 bits per heavy atom. The van der Waals surface area contributed by atoms with Crippen LogP contribution in [-0.2, 0) is 0 Å². The van der Waals surface area contributed by atoms with Gasteiger partial charge in [0, 0.05) is 33.0 Å². The van der Waals surface area contributed by atoms with Gasteiger partial charge in [-0.05, 0) is 56.8 Å². The molecule has 0 radical (unpaired) electrons. The van der Waals surface area contributed by atoms with Gasteiger partial charge in [0.05, 0.1) is 0 Å². The third-order valence-corrected chi connectivity index (χ3v) is 9.94. The van der Waals surface area contributed by atoms with E-state index < -0.39 is 0 Å². The Bertz CT molecular complexity index is 2930. The van der Waals surface area contributed by atoms with Gasteiger partial charge in [0.1, 0.15) is 11.2 Å². The Hall–Kier alpha value is -7.17. The molecule has 0 fully saturated rings. The Labute approximate surface area is 306 Å². The lowest BCUT2D eigenvalue weighted by Crippen LogP contribution is -2.00. The first kappa shape index (κ1) is 30.6. The maximum absolute atomic E-state index is 6.61. The molecule has 0 aliphatic carbocycles. The van der Waals surface area contributed by atoms with Gasteiger partial charge >= 0.3 is 0 Å². The van der Waals surface area contributed by atoms with Crippen molar-refractivity contribution in [2.45, 2.75) is 0 Å². The molecule has 2 aromatic heterocycles. The standard InChI is InChI=1S/C49H31N3O/c1-3-12-32(13-4-1)38-18-9-19-40(31-38)48-50-47(36-27-24-34(25-28-36)39-29-26-33-14-7-8-17-37(33)30-39)51-49(52-48)43-22-11-23-44-45(43)42-21-10-20-41(46(42)53-44)35-15-5-2-6-16-35/h1-31H. The summed E-state index contributed by atoms with van der Waals surface area (Å²) >= 11 is 0. The van der Waals surface area contributed by atoms with Crippen molar-refractivity contribution in [3.8, 4) is 67.5 Å². The molecule has 4 nitrogen and oxygen atoms in total. The molecule has 10 rings (SSSR count). The molecule has 0 bridgehead atoms. The van der Waals surface area contributed by atoms with E-state index in [0.717, 1.165) is 66.4 Å². The van der Waals surface area contributed by atoms with Crippen molar-refractivity contribution in [2.24, 2.45) is 0 Å². The smallest absolute Gasteiger partial charge is 0.164 e. The van der Waals surface area contributed by atoms with Gasteiger partial charge in [-0.25, -0.2) is 15.0 Å². The van der Waals surface area contributed by atoms with Crippen LogP contribution in [0.5, 0.6) is 0 Å². The second-order valence-electron chi connectivity index (χ2n) is 13.2. The molecule has 4 heteroatoms. The molecule has 0 aliphatic heterocycles. The summed E-state index contributed by atoms with van der Waals surface area (Å²) in [6.07, 6.45) is 0. The second-order valence-corrected chi connectivity index (χ2v) is 13.2. The summed E-state index contributed by atoms with van der Waals surface area (Å²) in [5.74, 6) is 1.80. The zero-order valence-electron chi connectivity index (χ0n) is 28.6. The van der Waals surface area contributed by atoms with Gasteiger partial charge in [-0.3, -0.25) is 0 Å². The van der Waals surface area contributed by atoms with E-state index in [-0.39, 0.29) is 0 Å². The fourth-order valence-electron chi connectivity index (χ4n) is 7.28. The number of nitrogens with zero attached hydrogens (tertiary/aromatic N) is 3. The third-order valence-electron chi connectivity index (χ3n) is 9.94. The Morgan fingerprint density at radius 1 is 0.321 bits per heavy atom. The number of hydrogen-bond donors (Lipinski definition) is 0. The van der Waals surface area contributed by atoms with Crippen LogP contribution in [0.3, 0.4) is 0 Å². The van der Waals surface area contributed by atoms with Gasteiger partial charge in [-0.1, -0.05) is 170 Å². The fourth-order valence-corrected chi connectivity index (χ4v) is 7.28. The predicted octanol–water partition coefficient (Wildman–Crippen LogP) is 12.9. The average molecular weight is 678 g/mol. The van der Waals surface area contributed by atoms with Crippen molar-refractivity contribution in [2.75, 3.05) is 0 Å². The van der Waals surface area contributed by atoms with Gasteiger partial charge in [-0.15, -0.1) is 0 Å². The molecule has 0 N–H and O–H groups in total. The highest BCUT2D eigenvalue weighted by molar-refractivity contribution is 6.15. The summed E-state index contributed by atoms with van der Waals surface area (Å²) in [6.45, 7) is 0. The minimum absolute atomic E-state index is 0.590. The lowest BCUT2D eigenvalue weighted by molar-refractivity contribution is 0.670. The highest BCUT2D eigenvalue weighted by atomic mass is 16.3. The van der Waals surface area contributed by atoms with Crippen LogP contribution in [0.15, 0.2) is 192 Å². The Kier molecular flexibility index (Phi) is 7.43. The lowest BCUT2D eigenvalue weighted by Gasteiger charge is -2.11.